The third-order valence-corrected chi connectivity index (χ3v) is 4.43. The first kappa shape index (κ1) is 19.0. The Morgan fingerprint density at radius 3 is 2.44 bits per heavy atom. The van der Waals surface area contributed by atoms with Crippen molar-refractivity contribution in [2.45, 2.75) is 26.4 Å². The molecule has 0 radical (unpaired) electrons. The van der Waals surface area contributed by atoms with Gasteiger partial charge in [0.1, 0.15) is 11.5 Å². The summed E-state index contributed by atoms with van der Waals surface area (Å²) in [6.07, 6.45) is 4.22. The van der Waals surface area contributed by atoms with Crippen molar-refractivity contribution in [3.8, 4) is 11.5 Å². The molecule has 1 aromatic carbocycles. The zero-order valence-electron chi connectivity index (χ0n) is 15.1. The molecular formula is C20H20N2O4S. The second-order valence-electron chi connectivity index (χ2n) is 6.17. The molecule has 0 saturated carbocycles. The lowest BCUT2D eigenvalue weighted by Crippen LogP contribution is -2.17. The number of carbonyl (C=O) groups excluding carboxylic acids is 2. The summed E-state index contributed by atoms with van der Waals surface area (Å²) in [5.41, 5.74) is 1.76. The Morgan fingerprint density at radius 1 is 1.11 bits per heavy atom. The van der Waals surface area contributed by atoms with Crippen LogP contribution in [0, 0.1) is 0 Å². The maximum Gasteiger partial charge on any atom is 0.290 e. The first-order valence-corrected chi connectivity index (χ1v) is 9.40. The average molecular weight is 384 g/mol. The minimum atomic E-state index is -0.359. The van der Waals surface area contributed by atoms with Crippen LogP contribution in [0.1, 0.15) is 25.1 Å². The highest BCUT2D eigenvalue weighted by atomic mass is 32.2. The molecule has 1 aliphatic heterocycles. The van der Waals surface area contributed by atoms with E-state index in [1.54, 1.807) is 12.3 Å². The van der Waals surface area contributed by atoms with Gasteiger partial charge in [0.05, 0.1) is 23.8 Å². The molecule has 0 aliphatic carbocycles. The van der Waals surface area contributed by atoms with Crippen molar-refractivity contribution in [3.63, 3.8) is 0 Å². The van der Waals surface area contributed by atoms with Gasteiger partial charge in [-0.1, -0.05) is 12.1 Å². The van der Waals surface area contributed by atoms with E-state index in [1.165, 1.54) is 0 Å². The van der Waals surface area contributed by atoms with E-state index in [0.29, 0.717) is 17.9 Å². The summed E-state index contributed by atoms with van der Waals surface area (Å²) in [7, 11) is 0. The summed E-state index contributed by atoms with van der Waals surface area (Å²) in [5, 5.41) is 1.89. The lowest BCUT2D eigenvalue weighted by atomic mass is 10.2. The molecule has 2 heterocycles. The Balaban J connectivity index is 1.50. The van der Waals surface area contributed by atoms with Gasteiger partial charge in [0.25, 0.3) is 11.1 Å². The van der Waals surface area contributed by atoms with Gasteiger partial charge in [-0.2, -0.15) is 0 Å². The molecule has 7 heteroatoms. The highest BCUT2D eigenvalue weighted by Gasteiger charge is 2.24. The van der Waals surface area contributed by atoms with Gasteiger partial charge in [0.15, 0.2) is 0 Å². The fourth-order valence-electron chi connectivity index (χ4n) is 2.41. The van der Waals surface area contributed by atoms with Crippen molar-refractivity contribution in [2.24, 2.45) is 0 Å². The number of carbonyl (C=O) groups is 2. The number of hydrogen-bond acceptors (Lipinski definition) is 6. The summed E-state index contributed by atoms with van der Waals surface area (Å²) < 4.78 is 11.3. The third kappa shape index (κ3) is 5.59. The van der Waals surface area contributed by atoms with E-state index in [4.69, 9.17) is 9.47 Å². The van der Waals surface area contributed by atoms with Crippen LogP contribution in [0.2, 0.25) is 0 Å². The van der Waals surface area contributed by atoms with E-state index >= 15 is 0 Å². The molecule has 2 aromatic rings. The number of benzene rings is 1. The topological polar surface area (TPSA) is 77.5 Å². The SMILES string of the molecule is CC(C)Oc1ccc(CCOc2ccc(C=C3SC(=O)NC3=O)cc2)nc1. The van der Waals surface area contributed by atoms with E-state index < -0.39 is 0 Å². The Labute approximate surface area is 162 Å². The van der Waals surface area contributed by atoms with Gasteiger partial charge in [0, 0.05) is 12.1 Å². The van der Waals surface area contributed by atoms with Crippen LogP contribution in [0.4, 0.5) is 4.79 Å². The van der Waals surface area contributed by atoms with Crippen LogP contribution >= 0.6 is 11.8 Å². The molecule has 1 aliphatic rings. The lowest BCUT2D eigenvalue weighted by Gasteiger charge is -2.10. The lowest BCUT2D eigenvalue weighted by molar-refractivity contribution is -0.115. The predicted molar refractivity (Wildman–Crippen MR) is 105 cm³/mol. The zero-order chi connectivity index (χ0) is 19.2. The van der Waals surface area contributed by atoms with Crippen molar-refractivity contribution >= 4 is 29.0 Å². The predicted octanol–water partition coefficient (Wildman–Crippen LogP) is 3.81. The first-order chi connectivity index (χ1) is 13.0. The molecule has 1 saturated heterocycles. The summed E-state index contributed by atoms with van der Waals surface area (Å²) >= 11 is 0.903. The van der Waals surface area contributed by atoms with Gasteiger partial charge in [-0.25, -0.2) is 0 Å². The van der Waals surface area contributed by atoms with Crippen LogP contribution in [0.5, 0.6) is 11.5 Å². The number of nitrogens with zero attached hydrogens (tertiary/aromatic N) is 1. The summed E-state index contributed by atoms with van der Waals surface area (Å²) in [6.45, 7) is 4.46. The van der Waals surface area contributed by atoms with Crippen molar-refractivity contribution in [2.75, 3.05) is 6.61 Å². The third-order valence-electron chi connectivity index (χ3n) is 3.62. The first-order valence-electron chi connectivity index (χ1n) is 8.59. The van der Waals surface area contributed by atoms with Crippen LogP contribution in [-0.4, -0.2) is 28.8 Å². The molecule has 140 valence electrons. The van der Waals surface area contributed by atoms with Crippen LogP contribution in [0.3, 0.4) is 0 Å². The maximum atomic E-state index is 11.5. The van der Waals surface area contributed by atoms with Crippen LogP contribution in [0.15, 0.2) is 47.5 Å². The molecule has 3 rings (SSSR count). The zero-order valence-corrected chi connectivity index (χ0v) is 15.9. The molecule has 0 spiro atoms. The van der Waals surface area contributed by atoms with Crippen molar-refractivity contribution in [1.82, 2.24) is 10.3 Å². The fourth-order valence-corrected chi connectivity index (χ4v) is 3.09. The second-order valence-corrected chi connectivity index (χ2v) is 7.19. The van der Waals surface area contributed by atoms with Gasteiger partial charge in [-0.05, 0) is 61.5 Å². The van der Waals surface area contributed by atoms with E-state index in [-0.39, 0.29) is 17.3 Å². The number of nitrogens with one attached hydrogen (secondary N) is 1. The van der Waals surface area contributed by atoms with Crippen molar-refractivity contribution in [3.05, 3.63) is 58.8 Å². The van der Waals surface area contributed by atoms with E-state index in [2.05, 4.69) is 10.3 Å². The van der Waals surface area contributed by atoms with E-state index in [1.807, 2.05) is 50.2 Å². The largest absolute Gasteiger partial charge is 0.493 e. The van der Waals surface area contributed by atoms with Gasteiger partial charge in [-0.3, -0.25) is 19.9 Å². The molecule has 27 heavy (non-hydrogen) atoms. The Hall–Kier alpha value is -2.80. The monoisotopic (exact) mass is 384 g/mol. The number of imide groups is 1. The van der Waals surface area contributed by atoms with Crippen molar-refractivity contribution in [1.29, 1.82) is 0 Å². The van der Waals surface area contributed by atoms with Gasteiger partial charge >= 0.3 is 0 Å². The number of thioether (sulfide) groups is 1. The number of amides is 2. The van der Waals surface area contributed by atoms with E-state index in [0.717, 1.165) is 34.5 Å². The molecule has 1 aromatic heterocycles. The quantitative estimate of drug-likeness (QED) is 0.732. The molecular weight excluding hydrogens is 364 g/mol. The van der Waals surface area contributed by atoms with Crippen LogP contribution in [0.25, 0.3) is 6.08 Å². The highest BCUT2D eigenvalue weighted by molar-refractivity contribution is 8.18. The molecule has 0 unspecified atom stereocenters. The minimum absolute atomic E-state index is 0.127. The normalized spacial score (nSPS) is 15.3. The Morgan fingerprint density at radius 2 is 1.85 bits per heavy atom. The standard InChI is InChI=1S/C20H20N2O4S/c1-13(2)26-17-8-5-15(21-12-17)9-10-25-16-6-3-14(4-7-16)11-18-19(23)22-20(24)27-18/h3-8,11-13H,9-10H2,1-2H3,(H,22,23,24). The van der Waals surface area contributed by atoms with Crippen LogP contribution < -0.4 is 14.8 Å². The molecule has 1 N–H and O–H groups in total. The fraction of sp³-hybridized carbons (Fsp3) is 0.250. The second kappa shape index (κ2) is 8.73. The van der Waals surface area contributed by atoms with E-state index in [9.17, 15) is 9.59 Å². The molecule has 2 amide bonds. The number of pyridine rings is 1. The number of aromatic nitrogens is 1. The molecule has 0 atom stereocenters. The average Bonchev–Trinajstić information content (AvgIpc) is 2.94. The Bertz CT molecular complexity index is 845. The molecule has 6 nitrogen and oxygen atoms in total. The summed E-state index contributed by atoms with van der Waals surface area (Å²) in [4.78, 5) is 27.5. The van der Waals surface area contributed by atoms with Crippen molar-refractivity contribution < 1.29 is 19.1 Å². The summed E-state index contributed by atoms with van der Waals surface area (Å²) in [6, 6.07) is 11.2. The number of ether oxygens (including phenoxy) is 2. The number of rotatable bonds is 7. The van der Waals surface area contributed by atoms with Gasteiger partial charge in [-0.15, -0.1) is 0 Å². The minimum Gasteiger partial charge on any atom is -0.493 e. The van der Waals surface area contributed by atoms with Gasteiger partial charge in [0.2, 0.25) is 0 Å². The Kier molecular flexibility index (Phi) is 6.13. The maximum absolute atomic E-state index is 11.5. The summed E-state index contributed by atoms with van der Waals surface area (Å²) in [5.74, 6) is 1.13. The van der Waals surface area contributed by atoms with Crippen LogP contribution in [-0.2, 0) is 11.2 Å². The number of hydrogen-bond donors (Lipinski definition) is 1. The molecule has 1 fully saturated rings. The van der Waals surface area contributed by atoms with Gasteiger partial charge < -0.3 is 9.47 Å². The molecule has 0 bridgehead atoms. The highest BCUT2D eigenvalue weighted by Crippen LogP contribution is 2.26. The smallest absolute Gasteiger partial charge is 0.290 e.